The summed E-state index contributed by atoms with van der Waals surface area (Å²) in [6.07, 6.45) is 7.90. The Morgan fingerprint density at radius 1 is 1.27 bits per heavy atom. The van der Waals surface area contributed by atoms with E-state index < -0.39 is 0 Å². The smallest absolute Gasteiger partial charge is 0.256 e. The molecule has 5 rings (SSSR count). The summed E-state index contributed by atoms with van der Waals surface area (Å²) in [6.45, 7) is 7.49. The maximum absolute atomic E-state index is 13.2. The number of nitrogens with one attached hydrogen (secondary N) is 4. The molecule has 1 unspecified atom stereocenters. The first-order valence-electron chi connectivity index (χ1n) is 12.4. The summed E-state index contributed by atoms with van der Waals surface area (Å²) in [5, 5.41) is 14.8. The number of ether oxygens (including phenoxy) is 1. The summed E-state index contributed by atoms with van der Waals surface area (Å²) in [5.74, 6) is 1.34. The zero-order valence-corrected chi connectivity index (χ0v) is 21.5. The van der Waals surface area contributed by atoms with Crippen LogP contribution in [0.4, 0.5) is 17.5 Å². The number of anilines is 3. The molecule has 4 aromatic rings. The Labute approximate surface area is 214 Å². The summed E-state index contributed by atoms with van der Waals surface area (Å²) in [5.41, 5.74) is 3.99. The van der Waals surface area contributed by atoms with Gasteiger partial charge in [0.25, 0.3) is 5.88 Å². The maximum Gasteiger partial charge on any atom is 0.256 e. The van der Waals surface area contributed by atoms with Crippen molar-refractivity contribution in [1.29, 1.82) is 0 Å². The number of nitrogens with zero attached hydrogens (tertiary/aromatic N) is 6. The first kappa shape index (κ1) is 24.7. The summed E-state index contributed by atoms with van der Waals surface area (Å²) in [6, 6.07) is 1.72. The van der Waals surface area contributed by atoms with Crippen molar-refractivity contribution >= 4 is 34.3 Å². The molecule has 5 heterocycles. The molecule has 0 aliphatic carbocycles. The minimum Gasteiger partial charge on any atom is -0.478 e. The van der Waals surface area contributed by atoms with Crippen molar-refractivity contribution in [2.24, 2.45) is 7.05 Å². The largest absolute Gasteiger partial charge is 0.478 e. The molecule has 4 aromatic heterocycles. The van der Waals surface area contributed by atoms with E-state index in [2.05, 4.69) is 40.9 Å². The van der Waals surface area contributed by atoms with Crippen LogP contribution in [0, 0.1) is 6.92 Å². The van der Waals surface area contributed by atoms with Crippen LogP contribution < -0.4 is 20.7 Å². The lowest BCUT2D eigenvalue weighted by Crippen LogP contribution is -2.52. The highest BCUT2D eigenvalue weighted by atomic mass is 16.5. The number of H-pyrrole nitrogens is 1. The number of aromatic amines is 1. The van der Waals surface area contributed by atoms with Gasteiger partial charge in [0.15, 0.2) is 5.82 Å². The van der Waals surface area contributed by atoms with Gasteiger partial charge < -0.3 is 25.7 Å². The van der Waals surface area contributed by atoms with Gasteiger partial charge in [-0.15, -0.1) is 5.10 Å². The van der Waals surface area contributed by atoms with E-state index in [1.807, 2.05) is 33.2 Å². The highest BCUT2D eigenvalue weighted by molar-refractivity contribution is 6.05. The highest BCUT2D eigenvalue weighted by Crippen LogP contribution is 2.33. The van der Waals surface area contributed by atoms with E-state index in [1.54, 1.807) is 30.4 Å². The molecule has 0 radical (unpaired) electrons. The standard InChI is InChI=1S/C25H32N10O2/c1-5-19(35-10-8-26-9-11-35)23(36)32-22-21-16(6-7-27-22)17(13-28-21)20-15(2)12-29-25(31-20)30-18-14-34(3)33-24(18)37-4/h6-7,12-14,19,26,28H,5,8-11H2,1-4H3,(H,27,32,36)(H,29,30,31). The van der Waals surface area contributed by atoms with Crippen molar-refractivity contribution in [2.45, 2.75) is 26.3 Å². The molecule has 0 aromatic carbocycles. The molecule has 37 heavy (non-hydrogen) atoms. The molecule has 0 saturated carbocycles. The third-order valence-electron chi connectivity index (χ3n) is 6.59. The number of fused-ring (bicyclic) bond motifs is 1. The van der Waals surface area contributed by atoms with E-state index in [9.17, 15) is 4.79 Å². The summed E-state index contributed by atoms with van der Waals surface area (Å²) >= 11 is 0. The van der Waals surface area contributed by atoms with Crippen LogP contribution in [0.5, 0.6) is 5.88 Å². The molecule has 1 atom stereocenters. The van der Waals surface area contributed by atoms with Crippen molar-refractivity contribution in [1.82, 2.24) is 39.9 Å². The molecule has 12 nitrogen and oxygen atoms in total. The van der Waals surface area contributed by atoms with Crippen molar-refractivity contribution in [3.63, 3.8) is 0 Å². The van der Waals surface area contributed by atoms with Gasteiger partial charge in [0.1, 0.15) is 5.69 Å². The Morgan fingerprint density at radius 3 is 2.84 bits per heavy atom. The highest BCUT2D eigenvalue weighted by Gasteiger charge is 2.26. The van der Waals surface area contributed by atoms with Crippen LogP contribution in [-0.4, -0.2) is 79.9 Å². The number of pyridine rings is 1. The zero-order chi connectivity index (χ0) is 25.9. The first-order valence-corrected chi connectivity index (χ1v) is 12.4. The monoisotopic (exact) mass is 504 g/mol. The predicted molar refractivity (Wildman–Crippen MR) is 142 cm³/mol. The number of amides is 1. The molecule has 1 aliphatic heterocycles. The van der Waals surface area contributed by atoms with Crippen molar-refractivity contribution in [3.05, 3.63) is 36.4 Å². The van der Waals surface area contributed by atoms with Crippen LogP contribution in [0.3, 0.4) is 0 Å². The second-order valence-corrected chi connectivity index (χ2v) is 9.06. The topological polar surface area (TPSA) is 138 Å². The lowest BCUT2D eigenvalue weighted by molar-refractivity contribution is -0.121. The predicted octanol–water partition coefficient (Wildman–Crippen LogP) is 2.44. The second kappa shape index (κ2) is 10.5. The Kier molecular flexibility index (Phi) is 7.01. The molecule has 1 saturated heterocycles. The fourth-order valence-electron chi connectivity index (χ4n) is 4.75. The molecule has 1 fully saturated rings. The number of carbonyl (C=O) groups is 1. The van der Waals surface area contributed by atoms with E-state index in [-0.39, 0.29) is 11.9 Å². The number of hydrogen-bond donors (Lipinski definition) is 4. The van der Waals surface area contributed by atoms with Gasteiger partial charge in [-0.25, -0.2) is 15.0 Å². The normalized spacial score (nSPS) is 15.0. The summed E-state index contributed by atoms with van der Waals surface area (Å²) < 4.78 is 6.98. The SMILES string of the molecule is CCC(C(=O)Nc1nccc2c(-c3nc(Nc4cn(C)nc4OC)ncc3C)c[nH]c12)N1CCNCC1. The summed E-state index contributed by atoms with van der Waals surface area (Å²) in [7, 11) is 3.38. The van der Waals surface area contributed by atoms with Crippen LogP contribution in [0.15, 0.2) is 30.9 Å². The fourth-order valence-corrected chi connectivity index (χ4v) is 4.75. The number of piperazine rings is 1. The first-order chi connectivity index (χ1) is 18.0. The lowest BCUT2D eigenvalue weighted by atomic mass is 10.1. The Hall–Kier alpha value is -4.03. The summed E-state index contributed by atoms with van der Waals surface area (Å²) in [4.78, 5) is 32.4. The number of hydrogen-bond acceptors (Lipinski definition) is 9. The van der Waals surface area contributed by atoms with Crippen molar-refractivity contribution in [3.8, 4) is 17.1 Å². The van der Waals surface area contributed by atoms with Gasteiger partial charge in [-0.1, -0.05) is 6.92 Å². The van der Waals surface area contributed by atoms with E-state index >= 15 is 0 Å². The van der Waals surface area contributed by atoms with Crippen LogP contribution >= 0.6 is 0 Å². The molecule has 0 spiro atoms. The quantitative estimate of drug-likeness (QED) is 0.285. The van der Waals surface area contributed by atoms with Crippen molar-refractivity contribution in [2.75, 3.05) is 43.9 Å². The van der Waals surface area contributed by atoms with Crippen LogP contribution in [-0.2, 0) is 11.8 Å². The molecule has 1 amide bonds. The van der Waals surface area contributed by atoms with Gasteiger partial charge in [0.2, 0.25) is 11.9 Å². The molecule has 12 heteroatoms. The van der Waals surface area contributed by atoms with Crippen molar-refractivity contribution < 1.29 is 9.53 Å². The molecule has 4 N–H and O–H groups in total. The van der Waals surface area contributed by atoms with Crippen LogP contribution in [0.1, 0.15) is 18.9 Å². The van der Waals surface area contributed by atoms with Gasteiger partial charge in [-0.2, -0.15) is 0 Å². The third kappa shape index (κ3) is 4.98. The average molecular weight is 505 g/mol. The Morgan fingerprint density at radius 2 is 2.08 bits per heavy atom. The van der Waals surface area contributed by atoms with Gasteiger partial charge in [-0.05, 0) is 25.0 Å². The zero-order valence-electron chi connectivity index (χ0n) is 21.5. The van der Waals surface area contributed by atoms with Gasteiger partial charge >= 0.3 is 0 Å². The Bertz CT molecular complexity index is 1410. The van der Waals surface area contributed by atoms with Crippen LogP contribution in [0.2, 0.25) is 0 Å². The van der Waals surface area contributed by atoms with E-state index in [1.165, 1.54) is 0 Å². The lowest BCUT2D eigenvalue weighted by Gasteiger charge is -2.33. The number of methoxy groups -OCH3 is 1. The van der Waals surface area contributed by atoms with Gasteiger partial charge in [-0.3, -0.25) is 14.4 Å². The molecular weight excluding hydrogens is 472 g/mol. The third-order valence-corrected chi connectivity index (χ3v) is 6.59. The number of carbonyl (C=O) groups excluding carboxylic acids is 1. The number of aromatic nitrogens is 6. The minimum absolute atomic E-state index is 0.0457. The van der Waals surface area contributed by atoms with E-state index in [0.29, 0.717) is 23.3 Å². The van der Waals surface area contributed by atoms with Gasteiger partial charge in [0.05, 0.1) is 30.6 Å². The fraction of sp³-hybridized carbons (Fsp3) is 0.400. The molecular formula is C25H32N10O2. The van der Waals surface area contributed by atoms with E-state index in [4.69, 9.17) is 9.72 Å². The Balaban J connectivity index is 1.43. The average Bonchev–Trinajstić information content (AvgIpc) is 3.49. The molecule has 1 aliphatic rings. The van der Waals surface area contributed by atoms with Crippen LogP contribution in [0.25, 0.3) is 22.2 Å². The molecule has 0 bridgehead atoms. The second-order valence-electron chi connectivity index (χ2n) is 9.06. The van der Waals surface area contributed by atoms with E-state index in [0.717, 1.165) is 60.3 Å². The minimum atomic E-state index is -0.198. The van der Waals surface area contributed by atoms with Gasteiger partial charge in [0, 0.05) is 62.8 Å². The number of aryl methyl sites for hydroxylation is 2. The number of rotatable bonds is 8. The molecule has 194 valence electrons. The maximum atomic E-state index is 13.2.